The Balaban J connectivity index is 2.65. The van der Waals surface area contributed by atoms with Crippen molar-refractivity contribution in [1.82, 2.24) is 10.3 Å². The minimum Gasteiger partial charge on any atom is -0.364 e. The number of rotatable bonds is 4. The Bertz CT molecular complexity index is 457. The van der Waals surface area contributed by atoms with Crippen LogP contribution in [0.25, 0.3) is 0 Å². The molecule has 0 heterocycles. The normalized spacial score (nSPS) is 10.9. The van der Waals surface area contributed by atoms with Crippen molar-refractivity contribution in [2.75, 3.05) is 14.1 Å². The number of hydrogen-bond acceptors (Lipinski definition) is 3. The van der Waals surface area contributed by atoms with Crippen LogP contribution in [0.3, 0.4) is 0 Å². The summed E-state index contributed by atoms with van der Waals surface area (Å²) >= 11 is 5.03. The molecule has 96 valence electrons. The number of carbonyl (C=O) groups is 1. The van der Waals surface area contributed by atoms with Crippen LogP contribution in [-0.4, -0.2) is 35.7 Å². The Morgan fingerprint density at radius 2 is 2.00 bits per heavy atom. The van der Waals surface area contributed by atoms with Crippen LogP contribution in [0.15, 0.2) is 35.4 Å². The van der Waals surface area contributed by atoms with Crippen LogP contribution in [0.5, 0.6) is 0 Å². The van der Waals surface area contributed by atoms with Gasteiger partial charge in [0, 0.05) is 25.4 Å². The molecule has 0 saturated carbocycles. The van der Waals surface area contributed by atoms with Crippen LogP contribution in [0.1, 0.15) is 23.7 Å². The van der Waals surface area contributed by atoms with E-state index in [0.29, 0.717) is 17.1 Å². The van der Waals surface area contributed by atoms with Gasteiger partial charge in [0.2, 0.25) is 0 Å². The highest BCUT2D eigenvalue weighted by atomic mass is 32.1. The predicted octanol–water partition coefficient (Wildman–Crippen LogP) is 2.07. The SMILES string of the molecule is CNC(=S)N(C)/N=C(/C)CC(=O)c1ccccc1. The maximum Gasteiger partial charge on any atom is 0.189 e. The zero-order valence-corrected chi connectivity index (χ0v) is 11.6. The molecular formula is C13H17N3OS. The van der Waals surface area contributed by atoms with Crippen molar-refractivity contribution < 1.29 is 4.79 Å². The zero-order chi connectivity index (χ0) is 13.5. The van der Waals surface area contributed by atoms with Crippen LogP contribution in [-0.2, 0) is 0 Å². The molecule has 0 unspecified atom stereocenters. The highest BCUT2D eigenvalue weighted by Gasteiger charge is 2.08. The molecule has 0 aliphatic carbocycles. The molecule has 1 N–H and O–H groups in total. The molecule has 1 rings (SSSR count). The van der Waals surface area contributed by atoms with Gasteiger partial charge < -0.3 is 5.32 Å². The first kappa shape index (κ1) is 14.3. The molecule has 0 amide bonds. The first-order chi connectivity index (χ1) is 8.54. The van der Waals surface area contributed by atoms with E-state index in [1.807, 2.05) is 25.1 Å². The molecule has 0 aliphatic rings. The molecule has 0 bridgehead atoms. The van der Waals surface area contributed by atoms with Crippen molar-refractivity contribution in [2.24, 2.45) is 5.10 Å². The van der Waals surface area contributed by atoms with Gasteiger partial charge in [0.15, 0.2) is 10.9 Å². The first-order valence-electron chi connectivity index (χ1n) is 5.62. The molecular weight excluding hydrogens is 246 g/mol. The lowest BCUT2D eigenvalue weighted by Gasteiger charge is -2.14. The summed E-state index contributed by atoms with van der Waals surface area (Å²) in [5.41, 5.74) is 1.43. The second kappa shape index (κ2) is 6.86. The van der Waals surface area contributed by atoms with E-state index < -0.39 is 0 Å². The summed E-state index contributed by atoms with van der Waals surface area (Å²) in [6.07, 6.45) is 0.292. The van der Waals surface area contributed by atoms with Crippen LogP contribution >= 0.6 is 12.2 Å². The van der Waals surface area contributed by atoms with Gasteiger partial charge in [-0.2, -0.15) is 5.10 Å². The summed E-state index contributed by atoms with van der Waals surface area (Å²) < 4.78 is 0. The minimum absolute atomic E-state index is 0.0561. The fraction of sp³-hybridized carbons (Fsp3) is 0.308. The minimum atomic E-state index is 0.0561. The van der Waals surface area contributed by atoms with Crippen LogP contribution in [0.4, 0.5) is 0 Å². The number of nitrogens with zero attached hydrogens (tertiary/aromatic N) is 2. The summed E-state index contributed by atoms with van der Waals surface area (Å²) in [6.45, 7) is 1.82. The molecule has 1 aromatic rings. The summed E-state index contributed by atoms with van der Waals surface area (Å²) in [5.74, 6) is 0.0561. The molecule has 0 aromatic heterocycles. The topological polar surface area (TPSA) is 44.7 Å². The summed E-state index contributed by atoms with van der Waals surface area (Å²) in [6, 6.07) is 9.19. The molecule has 18 heavy (non-hydrogen) atoms. The third-order valence-electron chi connectivity index (χ3n) is 2.34. The zero-order valence-electron chi connectivity index (χ0n) is 10.8. The van der Waals surface area contributed by atoms with Crippen molar-refractivity contribution in [3.8, 4) is 0 Å². The van der Waals surface area contributed by atoms with E-state index in [1.165, 1.54) is 0 Å². The number of nitrogens with one attached hydrogen (secondary N) is 1. The van der Waals surface area contributed by atoms with Gasteiger partial charge in [0.1, 0.15) is 0 Å². The third kappa shape index (κ3) is 4.25. The Hall–Kier alpha value is -1.75. The number of Topliss-reactive ketones (excluding diaryl/α,β-unsaturated/α-hetero) is 1. The number of ketones is 1. The molecule has 4 nitrogen and oxygen atoms in total. The molecule has 0 atom stereocenters. The third-order valence-corrected chi connectivity index (χ3v) is 2.81. The average Bonchev–Trinajstić information content (AvgIpc) is 2.38. The van der Waals surface area contributed by atoms with Gasteiger partial charge in [0.25, 0.3) is 0 Å². The smallest absolute Gasteiger partial charge is 0.189 e. The highest BCUT2D eigenvalue weighted by molar-refractivity contribution is 7.80. The lowest BCUT2D eigenvalue weighted by atomic mass is 10.1. The van der Waals surface area contributed by atoms with Gasteiger partial charge in [-0.1, -0.05) is 30.3 Å². The quantitative estimate of drug-likeness (QED) is 0.391. The van der Waals surface area contributed by atoms with E-state index in [9.17, 15) is 4.79 Å². The van der Waals surface area contributed by atoms with Crippen molar-refractivity contribution in [3.63, 3.8) is 0 Å². The van der Waals surface area contributed by atoms with Gasteiger partial charge in [-0.25, -0.2) is 5.01 Å². The highest BCUT2D eigenvalue weighted by Crippen LogP contribution is 2.04. The lowest BCUT2D eigenvalue weighted by Crippen LogP contribution is -2.31. The average molecular weight is 263 g/mol. The number of benzene rings is 1. The standard InChI is InChI=1S/C13H17N3OS/c1-10(15-16(3)13(18)14-2)9-12(17)11-7-5-4-6-8-11/h4-8H,9H2,1-3H3,(H,14,18)/b15-10-. The van der Waals surface area contributed by atoms with E-state index in [-0.39, 0.29) is 5.78 Å². The van der Waals surface area contributed by atoms with Crippen molar-refractivity contribution in [2.45, 2.75) is 13.3 Å². The van der Waals surface area contributed by atoms with Crippen LogP contribution in [0, 0.1) is 0 Å². The van der Waals surface area contributed by atoms with Crippen LogP contribution in [0.2, 0.25) is 0 Å². The number of thiocarbonyl (C=S) groups is 1. The molecule has 5 heteroatoms. The largest absolute Gasteiger partial charge is 0.364 e. The second-order valence-electron chi connectivity index (χ2n) is 3.88. The number of carbonyl (C=O) groups excluding carboxylic acids is 1. The fourth-order valence-corrected chi connectivity index (χ4v) is 1.50. The van der Waals surface area contributed by atoms with Crippen molar-refractivity contribution >= 4 is 28.8 Å². The molecule has 0 aliphatic heterocycles. The molecule has 0 radical (unpaired) electrons. The molecule has 1 aromatic carbocycles. The van der Waals surface area contributed by atoms with Gasteiger partial charge in [-0.3, -0.25) is 4.79 Å². The molecule has 0 spiro atoms. The van der Waals surface area contributed by atoms with E-state index >= 15 is 0 Å². The van der Waals surface area contributed by atoms with Gasteiger partial charge in [0.05, 0.1) is 6.42 Å². The van der Waals surface area contributed by atoms with E-state index in [4.69, 9.17) is 12.2 Å². The molecule has 0 fully saturated rings. The lowest BCUT2D eigenvalue weighted by molar-refractivity contribution is 0.1000. The Morgan fingerprint density at radius 3 is 2.56 bits per heavy atom. The van der Waals surface area contributed by atoms with Crippen LogP contribution < -0.4 is 5.32 Å². The summed E-state index contributed by atoms with van der Waals surface area (Å²) in [7, 11) is 3.48. The monoisotopic (exact) mass is 263 g/mol. The van der Waals surface area contributed by atoms with Crippen molar-refractivity contribution in [3.05, 3.63) is 35.9 Å². The first-order valence-corrected chi connectivity index (χ1v) is 6.03. The van der Waals surface area contributed by atoms with Gasteiger partial charge in [-0.05, 0) is 19.1 Å². The maximum atomic E-state index is 11.9. The van der Waals surface area contributed by atoms with E-state index in [2.05, 4.69) is 10.4 Å². The summed E-state index contributed by atoms with van der Waals surface area (Å²) in [5, 5.41) is 9.12. The maximum absolute atomic E-state index is 11.9. The van der Waals surface area contributed by atoms with E-state index in [0.717, 1.165) is 5.71 Å². The fourth-order valence-electron chi connectivity index (χ4n) is 1.46. The Kier molecular flexibility index (Phi) is 5.45. The van der Waals surface area contributed by atoms with Gasteiger partial charge >= 0.3 is 0 Å². The number of hydrogen-bond donors (Lipinski definition) is 1. The van der Waals surface area contributed by atoms with Crippen molar-refractivity contribution in [1.29, 1.82) is 0 Å². The molecule has 0 saturated heterocycles. The Labute approximate surface area is 113 Å². The summed E-state index contributed by atoms with van der Waals surface area (Å²) in [4.78, 5) is 11.9. The van der Waals surface area contributed by atoms with Gasteiger partial charge in [-0.15, -0.1) is 0 Å². The Morgan fingerprint density at radius 1 is 1.39 bits per heavy atom. The van der Waals surface area contributed by atoms with E-state index in [1.54, 1.807) is 31.2 Å². The predicted molar refractivity (Wildman–Crippen MR) is 77.9 cm³/mol. The second-order valence-corrected chi connectivity index (χ2v) is 4.27. The number of hydrazone groups is 1.